The fourth-order valence-electron chi connectivity index (χ4n) is 15.4. The van der Waals surface area contributed by atoms with E-state index in [1.807, 2.05) is 140 Å². The molecule has 0 unspecified atom stereocenters. The number of nitrogens with one attached hydrogen (secondary N) is 1. The first-order valence-electron chi connectivity index (χ1n) is 38.1. The van der Waals surface area contributed by atoms with Gasteiger partial charge in [-0.15, -0.1) is 0 Å². The van der Waals surface area contributed by atoms with Crippen molar-refractivity contribution in [1.82, 2.24) is 69.4 Å². The number of anilines is 1. The Morgan fingerprint density at radius 2 is 0.874 bits per heavy atom. The van der Waals surface area contributed by atoms with Crippen LogP contribution >= 0.6 is 0 Å². The summed E-state index contributed by atoms with van der Waals surface area (Å²) in [5, 5.41) is 47.5. The molecule has 1 fully saturated rings. The van der Waals surface area contributed by atoms with Crippen LogP contribution in [0.2, 0.25) is 0 Å². The minimum absolute atomic E-state index is 0.261. The van der Waals surface area contributed by atoms with E-state index in [-0.39, 0.29) is 11.4 Å². The maximum atomic E-state index is 14.9. The van der Waals surface area contributed by atoms with E-state index in [4.69, 9.17) is 43.5 Å². The summed E-state index contributed by atoms with van der Waals surface area (Å²) < 4.78 is 72.9. The molecule has 1 N–H and O–H groups in total. The van der Waals surface area contributed by atoms with E-state index in [9.17, 15) is 14.0 Å². The summed E-state index contributed by atoms with van der Waals surface area (Å²) in [5.74, 6) is 3.65. The second-order valence-corrected chi connectivity index (χ2v) is 28.1. The highest BCUT2D eigenvalue weighted by Gasteiger charge is 2.26. The first-order valence-corrected chi connectivity index (χ1v) is 38.1. The molecule has 1 aliphatic heterocycles. The smallest absolute Gasteiger partial charge is 0.162 e. The molecule has 119 heavy (non-hydrogen) atoms. The van der Waals surface area contributed by atoms with Crippen LogP contribution in [0.15, 0.2) is 213 Å². The van der Waals surface area contributed by atoms with Gasteiger partial charge in [-0.1, -0.05) is 73.7 Å². The molecule has 592 valence electrons. The Morgan fingerprint density at radius 1 is 0.395 bits per heavy atom. The number of nitrogens with zero attached hydrogens (tertiary/aromatic N) is 16. The standard InChI is InChI=1S/C25H29N5O2.C25H18N4O2.C24H16FN5O.C19H16FN3O2/c1-5-29-10-12-30(13-11-29)18-8-6-17(7-9-18)25-24-19-14-22(31-3)23(32-4)15-20(19)26-16-21(24)28(2)27-25;1-30-22-11-19-20(12-23(22)31-2)27-14-21-24(19)25(29-28-21)16-8-9-17(13-26)18(10-16)15-6-4-3-5-7-15;1-30-21-13-28-20-10-22(31-2)17(15-4-3-7-27-12-15)9-18(20)23(21)24(29-30)16-6-5-14(11-26)8-19(16)25;1-23-15-10-21-14-9-17(25-3)16(24-2)8-12(14)18(15)19(22-23)11-6-4-5-7-13(11)20/h6-9,14-16H,5,10-13H2,1-4H3;3-12,14H,1-2H3,(H,28,29);3-10,12-13H,1-2H3;4-10H,1-3H3. The van der Waals surface area contributed by atoms with Crippen molar-refractivity contribution in [3.63, 3.8) is 0 Å². The van der Waals surface area contributed by atoms with Crippen LogP contribution < -0.4 is 38.1 Å². The van der Waals surface area contributed by atoms with Crippen LogP contribution in [0.1, 0.15) is 18.1 Å². The number of aromatic nitrogens is 13. The Balaban J connectivity index is 0.000000119. The van der Waals surface area contributed by atoms with Gasteiger partial charge in [-0.3, -0.25) is 44.1 Å². The van der Waals surface area contributed by atoms with E-state index >= 15 is 0 Å². The minimum Gasteiger partial charge on any atom is -0.496 e. The van der Waals surface area contributed by atoms with E-state index in [1.165, 1.54) is 17.8 Å². The Kier molecular flexibility index (Phi) is 21.8. The molecule has 18 aromatic rings. The quantitative estimate of drug-likeness (QED) is 0.0999. The van der Waals surface area contributed by atoms with E-state index in [2.05, 4.69) is 92.4 Å². The number of H-pyrrole nitrogens is 1. The number of fused-ring (bicyclic) bond motifs is 12. The zero-order valence-corrected chi connectivity index (χ0v) is 67.0. The number of methoxy groups -OCH3 is 7. The second-order valence-electron chi connectivity index (χ2n) is 28.1. The number of halogens is 2. The topological polar surface area (TPSA) is 265 Å². The molecule has 26 heteroatoms. The first-order chi connectivity index (χ1) is 58.1. The van der Waals surface area contributed by atoms with Crippen LogP contribution in [-0.4, -0.2) is 152 Å². The van der Waals surface area contributed by atoms with Gasteiger partial charge >= 0.3 is 0 Å². The molecule has 0 atom stereocenters. The molecule has 1 aliphatic rings. The Bertz CT molecular complexity index is 7000. The lowest BCUT2D eigenvalue weighted by Gasteiger charge is -2.35. The third kappa shape index (κ3) is 14.7. The number of rotatable bonds is 15. The molecule has 0 aliphatic carbocycles. The number of aryl methyl sites for hydroxylation is 3. The molecule has 19 rings (SSSR count). The SMILES string of the molecule is CCN1CCN(c2ccc(-c3nn(C)c4cnc5cc(OC)c(OC)cc5c34)cc2)CC1.COc1cc2ncc3[nH]nc(-c4ccc(C#N)c(-c5ccccc5)c4)c3c2cc1OC.COc1cc2ncc3c(c(-c4ccc(C#N)cc4F)nn3C)c2cc1-c1cccnc1.COc1cc2ncc3c(c(-c4ccccc4F)nn3C)c2cc1OC. The lowest BCUT2D eigenvalue weighted by Crippen LogP contribution is -2.46. The van der Waals surface area contributed by atoms with E-state index in [1.54, 1.807) is 127 Å². The Hall–Kier alpha value is -15.2. The molecule has 24 nitrogen and oxygen atoms in total. The molecule has 10 heterocycles. The number of hydrogen-bond acceptors (Lipinski definition) is 20. The predicted molar refractivity (Wildman–Crippen MR) is 459 cm³/mol. The molecule has 0 bridgehead atoms. The zero-order valence-electron chi connectivity index (χ0n) is 67.0. The number of benzene rings is 9. The van der Waals surface area contributed by atoms with Gasteiger partial charge < -0.3 is 43.0 Å². The maximum Gasteiger partial charge on any atom is 0.162 e. The molecular formula is C93H79F2N17O7. The summed E-state index contributed by atoms with van der Waals surface area (Å²) in [5.41, 5.74) is 17.8. The van der Waals surface area contributed by atoms with Gasteiger partial charge in [0.2, 0.25) is 0 Å². The average molecular weight is 1580 g/mol. The highest BCUT2D eigenvalue weighted by atomic mass is 19.1. The predicted octanol–water partition coefficient (Wildman–Crippen LogP) is 18.1. The van der Waals surface area contributed by atoms with Gasteiger partial charge in [0.25, 0.3) is 0 Å². The minimum atomic E-state index is -0.495. The van der Waals surface area contributed by atoms with Crippen LogP contribution in [-0.2, 0) is 21.1 Å². The van der Waals surface area contributed by atoms with Crippen molar-refractivity contribution in [3.8, 4) is 120 Å². The van der Waals surface area contributed by atoms with Crippen molar-refractivity contribution in [3.05, 3.63) is 236 Å². The molecular weight excluding hydrogens is 1510 g/mol. The van der Waals surface area contributed by atoms with Gasteiger partial charge in [0.05, 0.1) is 142 Å². The van der Waals surface area contributed by atoms with Crippen molar-refractivity contribution < 1.29 is 41.9 Å². The number of nitriles is 2. The number of likely N-dealkylation sites (N-methyl/N-ethyl adjacent to an activating group) is 1. The molecule has 0 radical (unpaired) electrons. The van der Waals surface area contributed by atoms with E-state index in [0.717, 1.165) is 159 Å². The number of ether oxygens (including phenoxy) is 7. The summed E-state index contributed by atoms with van der Waals surface area (Å²) in [6.45, 7) is 7.72. The fourth-order valence-corrected chi connectivity index (χ4v) is 15.4. The normalized spacial score (nSPS) is 12.1. The summed E-state index contributed by atoms with van der Waals surface area (Å²) in [6, 6.07) is 58.7. The van der Waals surface area contributed by atoms with Gasteiger partial charge in [-0.25, -0.2) is 8.78 Å². The number of piperazine rings is 1. The Labute approximate surface area is 682 Å². The van der Waals surface area contributed by atoms with Crippen molar-refractivity contribution in [2.45, 2.75) is 6.92 Å². The van der Waals surface area contributed by atoms with Crippen molar-refractivity contribution >= 4 is 92.9 Å². The first kappa shape index (κ1) is 77.8. The third-order valence-corrected chi connectivity index (χ3v) is 21.6. The summed E-state index contributed by atoms with van der Waals surface area (Å²) in [6.07, 6.45) is 10.6. The lowest BCUT2D eigenvalue weighted by atomic mass is 9.95. The van der Waals surface area contributed by atoms with Crippen molar-refractivity contribution in [2.24, 2.45) is 21.1 Å². The van der Waals surface area contributed by atoms with Gasteiger partial charge in [0.15, 0.2) is 34.5 Å². The molecule has 0 amide bonds. The number of aromatic amines is 1. The summed E-state index contributed by atoms with van der Waals surface area (Å²) in [4.78, 5) is 27.4. The van der Waals surface area contributed by atoms with Crippen LogP contribution in [0.3, 0.4) is 0 Å². The van der Waals surface area contributed by atoms with Crippen LogP contribution in [0.25, 0.3) is 155 Å². The van der Waals surface area contributed by atoms with E-state index < -0.39 is 5.82 Å². The lowest BCUT2D eigenvalue weighted by molar-refractivity contribution is 0.271. The largest absolute Gasteiger partial charge is 0.496 e. The van der Waals surface area contributed by atoms with Crippen LogP contribution in [0.4, 0.5) is 14.5 Å². The second kappa shape index (κ2) is 33.4. The average Bonchev–Trinajstić information content (AvgIpc) is 1.65. The molecule has 9 aromatic heterocycles. The monoisotopic (exact) mass is 1580 g/mol. The maximum absolute atomic E-state index is 14.9. The molecule has 0 spiro atoms. The number of hydrogen-bond donors (Lipinski definition) is 1. The highest BCUT2D eigenvalue weighted by molar-refractivity contribution is 6.16. The number of pyridine rings is 5. The Morgan fingerprint density at radius 3 is 1.39 bits per heavy atom. The summed E-state index contributed by atoms with van der Waals surface area (Å²) in [7, 11) is 16.9. The van der Waals surface area contributed by atoms with E-state index in [0.29, 0.717) is 73.8 Å². The van der Waals surface area contributed by atoms with Gasteiger partial charge in [0, 0.05) is 172 Å². The van der Waals surface area contributed by atoms with Crippen molar-refractivity contribution in [2.75, 3.05) is 87.4 Å². The van der Waals surface area contributed by atoms with Gasteiger partial charge in [0.1, 0.15) is 40.2 Å². The fraction of sp³-hybridized carbons (Fsp3) is 0.172. The molecule has 9 aromatic carbocycles. The highest BCUT2D eigenvalue weighted by Crippen LogP contribution is 2.45. The molecule has 0 saturated carbocycles. The summed E-state index contributed by atoms with van der Waals surface area (Å²) >= 11 is 0. The van der Waals surface area contributed by atoms with Gasteiger partial charge in [-0.2, -0.15) is 30.9 Å². The molecule has 1 saturated heterocycles. The van der Waals surface area contributed by atoms with Gasteiger partial charge in [-0.05, 0) is 97.0 Å². The van der Waals surface area contributed by atoms with Crippen LogP contribution in [0.5, 0.6) is 40.2 Å². The zero-order chi connectivity index (χ0) is 82.7. The van der Waals surface area contributed by atoms with Crippen molar-refractivity contribution in [1.29, 1.82) is 10.5 Å². The van der Waals surface area contributed by atoms with Crippen LogP contribution in [0, 0.1) is 34.3 Å². The third-order valence-electron chi connectivity index (χ3n) is 21.6.